The summed E-state index contributed by atoms with van der Waals surface area (Å²) in [5, 5.41) is 9.62. The van der Waals surface area contributed by atoms with Gasteiger partial charge < -0.3 is 16.4 Å². The Morgan fingerprint density at radius 1 is 1.55 bits per heavy atom. The van der Waals surface area contributed by atoms with Gasteiger partial charge in [-0.3, -0.25) is 14.3 Å². The zero-order valence-electron chi connectivity index (χ0n) is 11.6. The van der Waals surface area contributed by atoms with Gasteiger partial charge in [-0.15, -0.1) is 0 Å². The number of carbonyl (C=O) groups excluding carboxylic acids is 2. The number of carbonyl (C=O) groups is 2. The number of nitrogens with zero attached hydrogens (tertiary/aromatic N) is 2. The van der Waals surface area contributed by atoms with E-state index in [1.54, 1.807) is 6.20 Å². The molecule has 1 heterocycles. The fraction of sp³-hybridized carbons (Fsp3) is 0.615. The molecule has 0 bridgehead atoms. The van der Waals surface area contributed by atoms with Gasteiger partial charge in [0.05, 0.1) is 17.9 Å². The third kappa shape index (κ3) is 4.34. The van der Waals surface area contributed by atoms with Gasteiger partial charge in [-0.05, 0) is 19.3 Å². The molecule has 20 heavy (non-hydrogen) atoms. The van der Waals surface area contributed by atoms with Crippen molar-refractivity contribution in [3.63, 3.8) is 0 Å². The molecular formula is C13H21N5O2. The number of hydrogen-bond donors (Lipinski definition) is 3. The van der Waals surface area contributed by atoms with E-state index in [4.69, 9.17) is 5.73 Å². The van der Waals surface area contributed by atoms with Crippen LogP contribution in [0.1, 0.15) is 32.6 Å². The number of hydrogen-bond acceptors (Lipinski definition) is 4. The predicted molar refractivity (Wildman–Crippen MR) is 74.9 cm³/mol. The van der Waals surface area contributed by atoms with Crippen LogP contribution in [0.25, 0.3) is 0 Å². The Hall–Kier alpha value is -1.89. The molecule has 1 unspecified atom stereocenters. The molecule has 0 spiro atoms. The highest BCUT2D eigenvalue weighted by molar-refractivity contribution is 5.94. The number of rotatable bonds is 7. The van der Waals surface area contributed by atoms with E-state index in [1.807, 2.05) is 6.92 Å². The quantitative estimate of drug-likeness (QED) is 0.664. The van der Waals surface area contributed by atoms with E-state index in [1.165, 1.54) is 10.9 Å². The summed E-state index contributed by atoms with van der Waals surface area (Å²) in [5.74, 6) is -0.287. The Balaban J connectivity index is 1.81. The van der Waals surface area contributed by atoms with E-state index in [-0.39, 0.29) is 18.4 Å². The maximum atomic E-state index is 11.7. The average molecular weight is 279 g/mol. The Bertz CT molecular complexity index is 481. The smallest absolute Gasteiger partial charge is 0.241 e. The SMILES string of the molecule is CCCC(N)C(=O)Nc1cnn(CC(=O)NC2CC2)c1. The van der Waals surface area contributed by atoms with Gasteiger partial charge in [0, 0.05) is 12.2 Å². The minimum Gasteiger partial charge on any atom is -0.352 e. The van der Waals surface area contributed by atoms with Crippen molar-refractivity contribution in [1.29, 1.82) is 0 Å². The molecule has 0 aliphatic heterocycles. The molecule has 1 aliphatic carbocycles. The van der Waals surface area contributed by atoms with Gasteiger partial charge in [-0.1, -0.05) is 13.3 Å². The van der Waals surface area contributed by atoms with Crippen molar-refractivity contribution in [2.24, 2.45) is 5.73 Å². The Morgan fingerprint density at radius 2 is 2.30 bits per heavy atom. The number of amides is 2. The van der Waals surface area contributed by atoms with Crippen LogP contribution in [0.2, 0.25) is 0 Å². The predicted octanol–water partition coefficient (Wildman–Crippen LogP) is 0.228. The minimum atomic E-state index is -0.512. The van der Waals surface area contributed by atoms with Crippen LogP contribution in [-0.2, 0) is 16.1 Å². The van der Waals surface area contributed by atoms with Crippen LogP contribution in [0.3, 0.4) is 0 Å². The largest absolute Gasteiger partial charge is 0.352 e. The van der Waals surface area contributed by atoms with E-state index in [0.717, 1.165) is 19.3 Å². The number of aromatic nitrogens is 2. The molecular weight excluding hydrogens is 258 g/mol. The first kappa shape index (κ1) is 14.5. The van der Waals surface area contributed by atoms with Gasteiger partial charge in [-0.25, -0.2) is 0 Å². The maximum absolute atomic E-state index is 11.7. The van der Waals surface area contributed by atoms with Crippen LogP contribution in [0.15, 0.2) is 12.4 Å². The Kier molecular flexibility index (Phi) is 4.73. The molecule has 1 aliphatic rings. The number of anilines is 1. The van der Waals surface area contributed by atoms with Gasteiger partial charge in [0.1, 0.15) is 6.54 Å². The zero-order chi connectivity index (χ0) is 14.5. The second-order valence-corrected chi connectivity index (χ2v) is 5.15. The monoisotopic (exact) mass is 279 g/mol. The first-order valence-electron chi connectivity index (χ1n) is 6.96. The summed E-state index contributed by atoms with van der Waals surface area (Å²) < 4.78 is 1.50. The second-order valence-electron chi connectivity index (χ2n) is 5.15. The first-order chi connectivity index (χ1) is 9.58. The highest BCUT2D eigenvalue weighted by Gasteiger charge is 2.23. The highest BCUT2D eigenvalue weighted by atomic mass is 16.2. The molecule has 0 aromatic carbocycles. The summed E-state index contributed by atoms with van der Waals surface area (Å²) >= 11 is 0. The van der Waals surface area contributed by atoms with Crippen LogP contribution < -0.4 is 16.4 Å². The van der Waals surface area contributed by atoms with Gasteiger partial charge in [0.2, 0.25) is 11.8 Å². The van der Waals surface area contributed by atoms with Crippen LogP contribution in [-0.4, -0.2) is 33.7 Å². The van der Waals surface area contributed by atoms with Crippen LogP contribution in [0.4, 0.5) is 5.69 Å². The highest BCUT2D eigenvalue weighted by Crippen LogP contribution is 2.18. The molecule has 2 rings (SSSR count). The molecule has 110 valence electrons. The fourth-order valence-corrected chi connectivity index (χ4v) is 1.84. The van der Waals surface area contributed by atoms with Crippen LogP contribution in [0.5, 0.6) is 0 Å². The normalized spacial score (nSPS) is 15.7. The molecule has 0 saturated heterocycles. The zero-order valence-corrected chi connectivity index (χ0v) is 11.6. The molecule has 1 saturated carbocycles. The van der Waals surface area contributed by atoms with Gasteiger partial charge in [0.15, 0.2) is 0 Å². The molecule has 7 heteroatoms. The average Bonchev–Trinajstić information content (AvgIpc) is 3.09. The first-order valence-corrected chi connectivity index (χ1v) is 6.96. The van der Waals surface area contributed by atoms with E-state index in [2.05, 4.69) is 15.7 Å². The fourth-order valence-electron chi connectivity index (χ4n) is 1.84. The minimum absolute atomic E-state index is 0.0591. The summed E-state index contributed by atoms with van der Waals surface area (Å²) in [7, 11) is 0. The second kappa shape index (κ2) is 6.51. The van der Waals surface area contributed by atoms with E-state index in [9.17, 15) is 9.59 Å². The molecule has 7 nitrogen and oxygen atoms in total. The van der Waals surface area contributed by atoms with Crippen molar-refractivity contribution in [2.45, 2.75) is 51.2 Å². The third-order valence-electron chi connectivity index (χ3n) is 3.09. The summed E-state index contributed by atoms with van der Waals surface area (Å²) in [5.41, 5.74) is 6.28. The standard InChI is InChI=1S/C13H21N5O2/c1-2-3-11(14)13(20)17-10-6-15-18(7-10)8-12(19)16-9-4-5-9/h6-7,9,11H,2-5,8,14H2,1H3,(H,16,19)(H,17,20). The van der Waals surface area contributed by atoms with Crippen molar-refractivity contribution in [2.75, 3.05) is 5.32 Å². The lowest BCUT2D eigenvalue weighted by molar-refractivity contribution is -0.122. The third-order valence-corrected chi connectivity index (χ3v) is 3.09. The molecule has 0 radical (unpaired) electrons. The molecule has 1 atom stereocenters. The van der Waals surface area contributed by atoms with Crippen molar-refractivity contribution in [1.82, 2.24) is 15.1 Å². The van der Waals surface area contributed by atoms with Crippen LogP contribution in [0, 0.1) is 0 Å². The van der Waals surface area contributed by atoms with Crippen molar-refractivity contribution >= 4 is 17.5 Å². The topological polar surface area (TPSA) is 102 Å². The molecule has 2 amide bonds. The number of nitrogens with one attached hydrogen (secondary N) is 2. The van der Waals surface area contributed by atoms with Gasteiger partial charge in [0.25, 0.3) is 0 Å². The van der Waals surface area contributed by atoms with Crippen molar-refractivity contribution in [3.05, 3.63) is 12.4 Å². The summed E-state index contributed by atoms with van der Waals surface area (Å²) in [6, 6.07) is -0.175. The lowest BCUT2D eigenvalue weighted by Gasteiger charge is -2.09. The molecule has 4 N–H and O–H groups in total. The molecule has 1 aromatic heterocycles. The van der Waals surface area contributed by atoms with Crippen molar-refractivity contribution < 1.29 is 9.59 Å². The van der Waals surface area contributed by atoms with E-state index < -0.39 is 6.04 Å². The summed E-state index contributed by atoms with van der Waals surface area (Å²) in [6.45, 7) is 2.14. The Labute approximate surface area is 117 Å². The van der Waals surface area contributed by atoms with E-state index >= 15 is 0 Å². The van der Waals surface area contributed by atoms with Gasteiger partial charge >= 0.3 is 0 Å². The van der Waals surface area contributed by atoms with E-state index in [0.29, 0.717) is 18.2 Å². The van der Waals surface area contributed by atoms with Crippen molar-refractivity contribution in [3.8, 4) is 0 Å². The Morgan fingerprint density at radius 3 is 2.95 bits per heavy atom. The summed E-state index contributed by atoms with van der Waals surface area (Å²) in [6.07, 6.45) is 6.76. The lowest BCUT2D eigenvalue weighted by Crippen LogP contribution is -2.35. The summed E-state index contributed by atoms with van der Waals surface area (Å²) in [4.78, 5) is 23.3. The molecule has 1 fully saturated rings. The number of nitrogens with two attached hydrogens (primary N) is 1. The van der Waals surface area contributed by atoms with Gasteiger partial charge in [-0.2, -0.15) is 5.10 Å². The van der Waals surface area contributed by atoms with Crippen LogP contribution >= 0.6 is 0 Å². The lowest BCUT2D eigenvalue weighted by atomic mass is 10.2. The molecule has 1 aromatic rings. The maximum Gasteiger partial charge on any atom is 0.241 e.